The van der Waals surface area contributed by atoms with E-state index in [1.807, 2.05) is 57.8 Å². The number of hydrogen-bond donors (Lipinski definition) is 0. The van der Waals surface area contributed by atoms with Gasteiger partial charge in [-0.2, -0.15) is 5.10 Å². The Morgan fingerprint density at radius 3 is 2.87 bits per heavy atom. The second-order valence-corrected chi connectivity index (χ2v) is 7.90. The summed E-state index contributed by atoms with van der Waals surface area (Å²) >= 11 is 5.70. The van der Waals surface area contributed by atoms with Crippen molar-refractivity contribution in [2.45, 2.75) is 25.4 Å². The van der Waals surface area contributed by atoms with Crippen LogP contribution in [0.2, 0.25) is 0 Å². The van der Waals surface area contributed by atoms with Gasteiger partial charge in [0.1, 0.15) is 17.6 Å². The Morgan fingerprint density at radius 2 is 2.00 bits per heavy atom. The van der Waals surface area contributed by atoms with Crippen LogP contribution in [0.3, 0.4) is 0 Å². The molecule has 30 heavy (non-hydrogen) atoms. The van der Waals surface area contributed by atoms with Crippen molar-refractivity contribution in [1.29, 1.82) is 0 Å². The van der Waals surface area contributed by atoms with Gasteiger partial charge in [0.2, 0.25) is 4.77 Å². The molecule has 1 atom stereocenters. The van der Waals surface area contributed by atoms with Crippen LogP contribution < -0.4 is 4.74 Å². The van der Waals surface area contributed by atoms with Crippen molar-refractivity contribution in [3.63, 3.8) is 0 Å². The predicted molar refractivity (Wildman–Crippen MR) is 116 cm³/mol. The zero-order valence-electron chi connectivity index (χ0n) is 16.8. The minimum Gasteiger partial charge on any atom is -0.495 e. The van der Waals surface area contributed by atoms with Crippen molar-refractivity contribution in [3.8, 4) is 11.4 Å². The minimum absolute atomic E-state index is 0.275. The third-order valence-electron chi connectivity index (χ3n) is 5.58. The summed E-state index contributed by atoms with van der Waals surface area (Å²) in [5, 5.41) is 4.53. The minimum atomic E-state index is 0.275. The van der Waals surface area contributed by atoms with Crippen molar-refractivity contribution in [1.82, 2.24) is 24.2 Å². The predicted octanol–water partition coefficient (Wildman–Crippen LogP) is 4.39. The number of likely N-dealkylation sites (tertiary alicyclic amines) is 1. The number of para-hydroxylation sites is 4. The fourth-order valence-electron chi connectivity index (χ4n) is 4.07. The van der Waals surface area contributed by atoms with E-state index in [1.165, 1.54) is 0 Å². The number of aromatic nitrogens is 4. The number of nitrogens with zero attached hydrogens (tertiary/aromatic N) is 5. The van der Waals surface area contributed by atoms with Crippen molar-refractivity contribution in [3.05, 3.63) is 65.5 Å². The van der Waals surface area contributed by atoms with E-state index >= 15 is 0 Å². The molecule has 0 unspecified atom stereocenters. The lowest BCUT2D eigenvalue weighted by Crippen LogP contribution is -2.36. The summed E-state index contributed by atoms with van der Waals surface area (Å²) in [6.07, 6.45) is 3.91. The van der Waals surface area contributed by atoms with E-state index in [1.54, 1.807) is 13.4 Å². The largest absolute Gasteiger partial charge is 0.495 e. The molecule has 0 radical (unpaired) electrons. The molecule has 3 heterocycles. The fourth-order valence-corrected chi connectivity index (χ4v) is 4.32. The number of hydrogen-bond acceptors (Lipinski definition) is 6. The number of fused-ring (bicyclic) bond motifs is 1. The van der Waals surface area contributed by atoms with Crippen LogP contribution >= 0.6 is 12.2 Å². The first kappa shape index (κ1) is 19.0. The highest BCUT2D eigenvalue weighted by atomic mass is 32.1. The lowest BCUT2D eigenvalue weighted by Gasteiger charge is -2.30. The molecule has 7 nitrogen and oxygen atoms in total. The topological polar surface area (TPSA) is 61.2 Å². The molecule has 0 amide bonds. The molecular weight excluding hydrogens is 398 g/mol. The Morgan fingerprint density at radius 1 is 1.17 bits per heavy atom. The number of rotatable bonds is 5. The highest BCUT2D eigenvalue weighted by Crippen LogP contribution is 2.29. The number of piperidine rings is 1. The SMILES string of the molecule is COc1ccccc1-n1cnn(CN2CCC[C@@H](c3nc4ccccc4o3)C2)c1=S. The van der Waals surface area contributed by atoms with Crippen LogP contribution in [0.1, 0.15) is 24.7 Å². The lowest BCUT2D eigenvalue weighted by molar-refractivity contribution is 0.147. The lowest BCUT2D eigenvalue weighted by atomic mass is 9.98. The highest BCUT2D eigenvalue weighted by molar-refractivity contribution is 7.71. The summed E-state index contributed by atoms with van der Waals surface area (Å²) in [5.41, 5.74) is 2.66. The first-order chi connectivity index (χ1) is 14.7. The van der Waals surface area contributed by atoms with Gasteiger partial charge in [0.25, 0.3) is 0 Å². The first-order valence-corrected chi connectivity index (χ1v) is 10.5. The highest BCUT2D eigenvalue weighted by Gasteiger charge is 2.26. The van der Waals surface area contributed by atoms with Crippen molar-refractivity contribution in [2.75, 3.05) is 20.2 Å². The maximum atomic E-state index is 6.02. The van der Waals surface area contributed by atoms with Gasteiger partial charge in [0.05, 0.1) is 19.5 Å². The van der Waals surface area contributed by atoms with Gasteiger partial charge in [0, 0.05) is 12.5 Å². The Hall–Kier alpha value is -2.97. The van der Waals surface area contributed by atoms with Crippen LogP contribution in [0, 0.1) is 4.77 Å². The van der Waals surface area contributed by atoms with E-state index in [9.17, 15) is 0 Å². The van der Waals surface area contributed by atoms with Gasteiger partial charge < -0.3 is 9.15 Å². The van der Waals surface area contributed by atoms with E-state index in [-0.39, 0.29) is 5.92 Å². The van der Waals surface area contributed by atoms with Gasteiger partial charge in [0.15, 0.2) is 11.5 Å². The van der Waals surface area contributed by atoms with E-state index in [0.717, 1.165) is 54.4 Å². The van der Waals surface area contributed by atoms with Crippen LogP contribution in [0.25, 0.3) is 16.8 Å². The monoisotopic (exact) mass is 421 g/mol. The van der Waals surface area contributed by atoms with Gasteiger partial charge >= 0.3 is 0 Å². The smallest absolute Gasteiger partial charge is 0.203 e. The molecule has 2 aromatic carbocycles. The molecule has 1 aliphatic heterocycles. The van der Waals surface area contributed by atoms with E-state index in [4.69, 9.17) is 26.4 Å². The molecule has 0 bridgehead atoms. The molecule has 0 N–H and O–H groups in total. The molecule has 1 fully saturated rings. The molecule has 8 heteroatoms. The Kier molecular flexibility index (Phi) is 5.10. The zero-order chi connectivity index (χ0) is 20.5. The summed E-state index contributed by atoms with van der Waals surface area (Å²) in [4.78, 5) is 7.06. The second-order valence-electron chi connectivity index (χ2n) is 7.53. The summed E-state index contributed by atoms with van der Waals surface area (Å²) in [6.45, 7) is 2.51. The quantitative estimate of drug-likeness (QED) is 0.446. The van der Waals surface area contributed by atoms with Gasteiger partial charge in [-0.05, 0) is 55.9 Å². The number of ether oxygens (including phenoxy) is 1. The molecule has 0 spiro atoms. The fraction of sp³-hybridized carbons (Fsp3) is 0.318. The van der Waals surface area contributed by atoms with Crippen LogP contribution in [0.5, 0.6) is 5.75 Å². The summed E-state index contributed by atoms with van der Waals surface area (Å²) < 4.78 is 15.9. The van der Waals surface area contributed by atoms with Crippen LogP contribution in [-0.4, -0.2) is 44.4 Å². The Balaban J connectivity index is 1.35. The molecule has 154 valence electrons. The molecule has 5 rings (SSSR count). The number of benzene rings is 2. The van der Waals surface area contributed by atoms with Crippen LogP contribution in [0.4, 0.5) is 0 Å². The first-order valence-electron chi connectivity index (χ1n) is 10.1. The van der Waals surface area contributed by atoms with Gasteiger partial charge in [-0.25, -0.2) is 9.67 Å². The third-order valence-corrected chi connectivity index (χ3v) is 5.98. The van der Waals surface area contributed by atoms with E-state index < -0.39 is 0 Å². The maximum absolute atomic E-state index is 6.02. The van der Waals surface area contributed by atoms with Crippen molar-refractivity contribution >= 4 is 23.3 Å². The summed E-state index contributed by atoms with van der Waals surface area (Å²) in [6, 6.07) is 15.7. The molecule has 0 saturated carbocycles. The molecule has 1 saturated heterocycles. The van der Waals surface area contributed by atoms with Crippen LogP contribution in [-0.2, 0) is 6.67 Å². The van der Waals surface area contributed by atoms with Gasteiger partial charge in [-0.1, -0.05) is 24.3 Å². The van der Waals surface area contributed by atoms with Gasteiger partial charge in [-0.15, -0.1) is 0 Å². The van der Waals surface area contributed by atoms with Crippen molar-refractivity contribution < 1.29 is 9.15 Å². The second kappa shape index (κ2) is 8.04. The number of oxazole rings is 1. The number of methoxy groups -OCH3 is 1. The molecular formula is C22H23N5O2S. The third kappa shape index (κ3) is 3.53. The maximum Gasteiger partial charge on any atom is 0.203 e. The van der Waals surface area contributed by atoms with E-state index in [0.29, 0.717) is 11.4 Å². The van der Waals surface area contributed by atoms with Gasteiger partial charge in [-0.3, -0.25) is 9.47 Å². The average Bonchev–Trinajstić information content (AvgIpc) is 3.38. The van der Waals surface area contributed by atoms with Crippen LogP contribution in [0.15, 0.2) is 59.3 Å². The molecule has 4 aromatic rings. The standard InChI is InChI=1S/C22H23N5O2S/c1-28-20-11-5-3-9-18(20)26-14-23-27(22(26)30)15-25-12-6-7-16(13-25)21-24-17-8-2-4-10-19(17)29-21/h2-5,8-11,14,16H,6-7,12-13,15H2,1H3/t16-/m1/s1. The molecule has 1 aliphatic rings. The van der Waals surface area contributed by atoms with Crippen molar-refractivity contribution in [2.24, 2.45) is 0 Å². The molecule has 0 aliphatic carbocycles. The average molecular weight is 422 g/mol. The summed E-state index contributed by atoms with van der Waals surface area (Å²) in [7, 11) is 1.66. The zero-order valence-corrected chi connectivity index (χ0v) is 17.6. The Bertz CT molecular complexity index is 1190. The Labute approximate surface area is 179 Å². The van der Waals surface area contributed by atoms with E-state index in [2.05, 4.69) is 10.00 Å². The molecule has 2 aromatic heterocycles. The summed E-state index contributed by atoms with van der Waals surface area (Å²) in [5.74, 6) is 1.86. The normalized spacial score (nSPS) is 17.4.